The monoisotopic (exact) mass is 204 g/mol. The van der Waals surface area contributed by atoms with Crippen molar-refractivity contribution in [1.29, 1.82) is 0 Å². The third-order valence-electron chi connectivity index (χ3n) is 3.34. The van der Waals surface area contributed by atoms with Crippen LogP contribution in [0.1, 0.15) is 38.2 Å². The molecule has 1 aromatic rings. The van der Waals surface area contributed by atoms with Crippen LogP contribution in [0.2, 0.25) is 0 Å². The minimum absolute atomic E-state index is 0.485. The molecule has 0 heterocycles. The number of hydrogen-bond donors (Lipinski definition) is 0. The van der Waals surface area contributed by atoms with Crippen LogP contribution in [0.5, 0.6) is 0 Å². The summed E-state index contributed by atoms with van der Waals surface area (Å²) in [6.07, 6.45) is 5.78. The Hall–Kier alpha value is -0.820. The molecular formula is C14H20O. The summed E-state index contributed by atoms with van der Waals surface area (Å²) in [5.41, 5.74) is 1.29. The van der Waals surface area contributed by atoms with Crippen molar-refractivity contribution in [3.05, 3.63) is 35.9 Å². The highest BCUT2D eigenvalue weighted by Crippen LogP contribution is 2.26. The van der Waals surface area contributed by atoms with Crippen LogP contribution in [-0.4, -0.2) is 6.10 Å². The van der Waals surface area contributed by atoms with Gasteiger partial charge in [-0.2, -0.15) is 0 Å². The Bertz CT molecular complexity index is 281. The molecule has 1 aliphatic carbocycles. The van der Waals surface area contributed by atoms with Gasteiger partial charge in [0.25, 0.3) is 0 Å². The Morgan fingerprint density at radius 3 is 2.60 bits per heavy atom. The maximum atomic E-state index is 5.98. The summed E-state index contributed by atoms with van der Waals surface area (Å²) in [7, 11) is 0. The second-order valence-electron chi connectivity index (χ2n) is 4.60. The van der Waals surface area contributed by atoms with E-state index in [9.17, 15) is 0 Å². The molecule has 2 rings (SSSR count). The highest BCUT2D eigenvalue weighted by Gasteiger charge is 2.21. The molecule has 0 saturated heterocycles. The summed E-state index contributed by atoms with van der Waals surface area (Å²) in [6.45, 7) is 3.09. The topological polar surface area (TPSA) is 9.23 Å². The molecule has 1 fully saturated rings. The van der Waals surface area contributed by atoms with E-state index in [1.165, 1.54) is 31.2 Å². The molecule has 1 aromatic carbocycles. The van der Waals surface area contributed by atoms with E-state index in [2.05, 4.69) is 31.2 Å². The molecule has 1 unspecified atom stereocenters. The number of benzene rings is 1. The van der Waals surface area contributed by atoms with Gasteiger partial charge in [-0.05, 0) is 24.3 Å². The average molecular weight is 204 g/mol. The van der Waals surface area contributed by atoms with Gasteiger partial charge in [0.05, 0.1) is 12.7 Å². The Morgan fingerprint density at radius 1 is 1.13 bits per heavy atom. The molecule has 0 spiro atoms. The second kappa shape index (κ2) is 5.32. The Kier molecular flexibility index (Phi) is 3.79. The lowest BCUT2D eigenvalue weighted by Gasteiger charge is -2.28. The molecule has 2 atom stereocenters. The molecule has 0 radical (unpaired) electrons. The molecule has 15 heavy (non-hydrogen) atoms. The first-order valence-electron chi connectivity index (χ1n) is 6.02. The normalized spacial score (nSPS) is 26.5. The van der Waals surface area contributed by atoms with Gasteiger partial charge in [-0.3, -0.25) is 0 Å². The summed E-state index contributed by atoms with van der Waals surface area (Å²) in [5, 5.41) is 0. The predicted octanol–water partition coefficient (Wildman–Crippen LogP) is 3.78. The molecule has 0 amide bonds. The Balaban J connectivity index is 1.82. The lowest BCUT2D eigenvalue weighted by atomic mass is 9.88. The fraction of sp³-hybridized carbons (Fsp3) is 0.571. The van der Waals surface area contributed by atoms with Crippen molar-refractivity contribution in [2.24, 2.45) is 5.92 Å². The van der Waals surface area contributed by atoms with E-state index >= 15 is 0 Å². The molecule has 1 heteroatoms. The van der Waals surface area contributed by atoms with Gasteiger partial charge in [0, 0.05) is 0 Å². The van der Waals surface area contributed by atoms with Gasteiger partial charge in [0.1, 0.15) is 0 Å². The van der Waals surface area contributed by atoms with E-state index in [0.29, 0.717) is 6.10 Å². The first kappa shape index (κ1) is 10.7. The van der Waals surface area contributed by atoms with Gasteiger partial charge in [0.2, 0.25) is 0 Å². The summed E-state index contributed by atoms with van der Waals surface area (Å²) < 4.78 is 5.98. The van der Waals surface area contributed by atoms with Crippen LogP contribution in [0.25, 0.3) is 0 Å². The zero-order valence-corrected chi connectivity index (χ0v) is 9.49. The van der Waals surface area contributed by atoms with Crippen molar-refractivity contribution in [3.63, 3.8) is 0 Å². The molecule has 0 N–H and O–H groups in total. The van der Waals surface area contributed by atoms with Crippen LogP contribution in [0.3, 0.4) is 0 Å². The van der Waals surface area contributed by atoms with E-state index in [1.54, 1.807) is 0 Å². The van der Waals surface area contributed by atoms with Gasteiger partial charge < -0.3 is 4.74 Å². The largest absolute Gasteiger partial charge is 0.373 e. The van der Waals surface area contributed by atoms with Crippen LogP contribution in [0, 0.1) is 5.92 Å². The van der Waals surface area contributed by atoms with E-state index in [-0.39, 0.29) is 0 Å². The van der Waals surface area contributed by atoms with E-state index in [1.807, 2.05) is 6.07 Å². The van der Waals surface area contributed by atoms with Crippen molar-refractivity contribution in [3.8, 4) is 0 Å². The quantitative estimate of drug-likeness (QED) is 0.728. The average Bonchev–Trinajstić information content (AvgIpc) is 2.29. The molecule has 0 aliphatic heterocycles. The Morgan fingerprint density at radius 2 is 1.87 bits per heavy atom. The Labute approximate surface area is 92.5 Å². The van der Waals surface area contributed by atoms with E-state index in [0.717, 1.165) is 12.5 Å². The third kappa shape index (κ3) is 3.07. The van der Waals surface area contributed by atoms with Crippen LogP contribution in [0.15, 0.2) is 30.3 Å². The number of ether oxygens (including phenoxy) is 1. The smallest absolute Gasteiger partial charge is 0.0720 e. The van der Waals surface area contributed by atoms with Crippen molar-refractivity contribution in [2.45, 2.75) is 45.3 Å². The van der Waals surface area contributed by atoms with Crippen LogP contribution in [-0.2, 0) is 11.3 Å². The first-order valence-corrected chi connectivity index (χ1v) is 6.02. The molecule has 1 aliphatic rings. The molecule has 1 nitrogen and oxygen atoms in total. The summed E-state index contributed by atoms with van der Waals surface area (Å²) >= 11 is 0. The summed E-state index contributed by atoms with van der Waals surface area (Å²) in [5.74, 6) is 0.738. The molecule has 1 saturated carbocycles. The molecule has 0 aromatic heterocycles. The fourth-order valence-corrected chi connectivity index (χ4v) is 2.31. The van der Waals surface area contributed by atoms with Crippen molar-refractivity contribution >= 4 is 0 Å². The molecular weight excluding hydrogens is 184 g/mol. The van der Waals surface area contributed by atoms with Gasteiger partial charge in [-0.1, -0.05) is 50.1 Å². The zero-order valence-electron chi connectivity index (χ0n) is 9.49. The van der Waals surface area contributed by atoms with Crippen molar-refractivity contribution < 1.29 is 4.74 Å². The lowest BCUT2D eigenvalue weighted by Crippen LogP contribution is -2.25. The van der Waals surface area contributed by atoms with Crippen LogP contribution < -0.4 is 0 Å². The van der Waals surface area contributed by atoms with Gasteiger partial charge in [-0.15, -0.1) is 0 Å². The summed E-state index contributed by atoms with van der Waals surface area (Å²) in [4.78, 5) is 0. The highest BCUT2D eigenvalue weighted by atomic mass is 16.5. The maximum absolute atomic E-state index is 5.98. The lowest BCUT2D eigenvalue weighted by molar-refractivity contribution is -0.0154. The van der Waals surface area contributed by atoms with E-state index in [4.69, 9.17) is 4.74 Å². The minimum Gasteiger partial charge on any atom is -0.373 e. The number of rotatable bonds is 3. The fourth-order valence-electron chi connectivity index (χ4n) is 2.31. The predicted molar refractivity (Wildman–Crippen MR) is 62.7 cm³/mol. The standard InChI is InChI=1S/C14H20O/c1-12-7-5-6-10-14(12)15-11-13-8-3-2-4-9-13/h2-4,8-9,12,14H,5-7,10-11H2,1H3/t12?,14-/m1/s1. The van der Waals surface area contributed by atoms with Crippen molar-refractivity contribution in [2.75, 3.05) is 0 Å². The SMILES string of the molecule is CC1CCCC[C@H]1OCc1ccccc1. The second-order valence-corrected chi connectivity index (χ2v) is 4.60. The zero-order chi connectivity index (χ0) is 10.5. The van der Waals surface area contributed by atoms with Gasteiger partial charge >= 0.3 is 0 Å². The third-order valence-corrected chi connectivity index (χ3v) is 3.34. The minimum atomic E-state index is 0.485. The van der Waals surface area contributed by atoms with Crippen LogP contribution in [0.4, 0.5) is 0 Å². The van der Waals surface area contributed by atoms with Crippen LogP contribution >= 0.6 is 0 Å². The van der Waals surface area contributed by atoms with Crippen molar-refractivity contribution in [1.82, 2.24) is 0 Å². The first-order chi connectivity index (χ1) is 7.36. The van der Waals surface area contributed by atoms with Gasteiger partial charge in [-0.25, -0.2) is 0 Å². The molecule has 0 bridgehead atoms. The summed E-state index contributed by atoms with van der Waals surface area (Å²) in [6, 6.07) is 10.5. The van der Waals surface area contributed by atoms with Gasteiger partial charge in [0.15, 0.2) is 0 Å². The number of hydrogen-bond acceptors (Lipinski definition) is 1. The highest BCUT2D eigenvalue weighted by molar-refractivity contribution is 5.13. The molecule has 82 valence electrons. The maximum Gasteiger partial charge on any atom is 0.0720 e. The van der Waals surface area contributed by atoms with E-state index < -0.39 is 0 Å².